The first kappa shape index (κ1) is 16.7. The molecular formula is C15H27N5O2. The van der Waals surface area contributed by atoms with Gasteiger partial charge in [0.2, 0.25) is 0 Å². The molecule has 0 saturated carbocycles. The van der Waals surface area contributed by atoms with Crippen LogP contribution in [0.5, 0.6) is 0 Å². The standard InChI is InChI=1S/C15H27N5O2/c1-15(2,3)22-14(21)20-7-5-6-12(11-20)8-16-9-13-10-17-18-19(13)4/h10,12,16H,5-9,11H2,1-4H3. The maximum Gasteiger partial charge on any atom is 0.410 e. The van der Waals surface area contributed by atoms with Crippen molar-refractivity contribution >= 4 is 6.09 Å². The number of hydrogen-bond donors (Lipinski definition) is 1. The highest BCUT2D eigenvalue weighted by Gasteiger charge is 2.27. The minimum atomic E-state index is -0.436. The van der Waals surface area contributed by atoms with E-state index in [0.717, 1.165) is 44.7 Å². The molecule has 0 spiro atoms. The molecule has 7 heteroatoms. The summed E-state index contributed by atoms with van der Waals surface area (Å²) < 4.78 is 7.22. The number of carbonyl (C=O) groups excluding carboxylic acids is 1. The van der Waals surface area contributed by atoms with Crippen molar-refractivity contribution in [1.29, 1.82) is 0 Å². The average molecular weight is 309 g/mol. The van der Waals surface area contributed by atoms with E-state index in [9.17, 15) is 4.79 Å². The van der Waals surface area contributed by atoms with Gasteiger partial charge < -0.3 is 15.0 Å². The molecule has 0 bridgehead atoms. The van der Waals surface area contributed by atoms with Gasteiger partial charge in [-0.15, -0.1) is 5.10 Å². The first-order valence-corrected chi connectivity index (χ1v) is 7.87. The molecule has 7 nitrogen and oxygen atoms in total. The molecule has 1 aliphatic rings. The number of amides is 1. The first-order valence-electron chi connectivity index (χ1n) is 7.87. The van der Waals surface area contributed by atoms with Crippen molar-refractivity contribution in [2.75, 3.05) is 19.6 Å². The number of carbonyl (C=O) groups is 1. The highest BCUT2D eigenvalue weighted by atomic mass is 16.6. The van der Waals surface area contributed by atoms with Crippen molar-refractivity contribution in [3.05, 3.63) is 11.9 Å². The second kappa shape index (κ2) is 7.09. The highest BCUT2D eigenvalue weighted by molar-refractivity contribution is 5.68. The van der Waals surface area contributed by atoms with Crippen LogP contribution >= 0.6 is 0 Å². The Morgan fingerprint density at radius 1 is 1.50 bits per heavy atom. The summed E-state index contributed by atoms with van der Waals surface area (Å²) in [5, 5.41) is 11.2. The van der Waals surface area contributed by atoms with Gasteiger partial charge in [0, 0.05) is 33.2 Å². The van der Waals surface area contributed by atoms with E-state index < -0.39 is 5.60 Å². The summed E-state index contributed by atoms with van der Waals surface area (Å²) in [6, 6.07) is 0. The lowest BCUT2D eigenvalue weighted by Gasteiger charge is -2.34. The SMILES string of the molecule is Cn1nncc1CNCC1CCCN(C(=O)OC(C)(C)C)C1. The molecule has 2 rings (SSSR count). The van der Waals surface area contributed by atoms with Gasteiger partial charge in [0.15, 0.2) is 0 Å². The highest BCUT2D eigenvalue weighted by Crippen LogP contribution is 2.18. The molecule has 0 radical (unpaired) electrons. The Morgan fingerprint density at radius 2 is 2.27 bits per heavy atom. The number of piperidine rings is 1. The zero-order chi connectivity index (χ0) is 16.2. The summed E-state index contributed by atoms with van der Waals surface area (Å²) in [4.78, 5) is 14.0. The summed E-state index contributed by atoms with van der Waals surface area (Å²) in [5.74, 6) is 0.461. The molecule has 124 valence electrons. The van der Waals surface area contributed by atoms with Crippen molar-refractivity contribution in [3.8, 4) is 0 Å². The lowest BCUT2D eigenvalue weighted by Crippen LogP contribution is -2.45. The summed E-state index contributed by atoms with van der Waals surface area (Å²) >= 11 is 0. The van der Waals surface area contributed by atoms with E-state index >= 15 is 0 Å². The molecule has 1 saturated heterocycles. The number of ether oxygens (including phenoxy) is 1. The van der Waals surface area contributed by atoms with Crippen molar-refractivity contribution in [2.24, 2.45) is 13.0 Å². The Bertz CT molecular complexity index is 494. The molecule has 22 heavy (non-hydrogen) atoms. The molecular weight excluding hydrogens is 282 g/mol. The maximum atomic E-state index is 12.1. The van der Waals surface area contributed by atoms with Crippen molar-refractivity contribution < 1.29 is 9.53 Å². The molecule has 1 fully saturated rings. The normalized spacial score (nSPS) is 19.3. The molecule has 1 aromatic heterocycles. The molecule has 1 aliphatic heterocycles. The van der Waals surface area contributed by atoms with Gasteiger partial charge in [-0.1, -0.05) is 5.21 Å². The van der Waals surface area contributed by atoms with Crippen LogP contribution in [0.25, 0.3) is 0 Å². The zero-order valence-corrected chi connectivity index (χ0v) is 14.0. The third-order valence-electron chi connectivity index (χ3n) is 3.72. The number of rotatable bonds is 4. The lowest BCUT2D eigenvalue weighted by atomic mass is 9.98. The fourth-order valence-electron chi connectivity index (χ4n) is 2.60. The van der Waals surface area contributed by atoms with E-state index in [1.54, 1.807) is 10.9 Å². The van der Waals surface area contributed by atoms with E-state index in [1.807, 2.05) is 32.7 Å². The molecule has 0 aromatic carbocycles. The van der Waals surface area contributed by atoms with Gasteiger partial charge in [0.25, 0.3) is 0 Å². The van der Waals surface area contributed by atoms with E-state index in [4.69, 9.17) is 4.74 Å². The summed E-state index contributed by atoms with van der Waals surface area (Å²) in [7, 11) is 1.88. The Balaban J connectivity index is 1.76. The molecule has 0 aliphatic carbocycles. The third-order valence-corrected chi connectivity index (χ3v) is 3.72. The predicted octanol–water partition coefficient (Wildman–Crippen LogP) is 1.55. The van der Waals surface area contributed by atoms with Crippen LogP contribution in [0.1, 0.15) is 39.3 Å². The van der Waals surface area contributed by atoms with E-state index in [2.05, 4.69) is 15.6 Å². The van der Waals surface area contributed by atoms with Gasteiger partial charge in [0.1, 0.15) is 5.60 Å². The van der Waals surface area contributed by atoms with E-state index in [-0.39, 0.29) is 6.09 Å². The summed E-state index contributed by atoms with van der Waals surface area (Å²) in [6.45, 7) is 8.86. The van der Waals surface area contributed by atoms with Gasteiger partial charge >= 0.3 is 6.09 Å². The van der Waals surface area contributed by atoms with Crippen LogP contribution in [0.3, 0.4) is 0 Å². The Labute approximate surface area is 132 Å². The van der Waals surface area contributed by atoms with Crippen LogP contribution in [-0.4, -0.2) is 51.2 Å². The Kier molecular flexibility index (Phi) is 5.39. The van der Waals surface area contributed by atoms with Gasteiger partial charge in [-0.05, 0) is 39.5 Å². The monoisotopic (exact) mass is 309 g/mol. The van der Waals surface area contributed by atoms with Crippen LogP contribution in [0.4, 0.5) is 4.79 Å². The second-order valence-electron chi connectivity index (χ2n) is 6.91. The van der Waals surface area contributed by atoms with Gasteiger partial charge in [-0.25, -0.2) is 4.79 Å². The molecule has 1 N–H and O–H groups in total. The van der Waals surface area contributed by atoms with Crippen LogP contribution in [0, 0.1) is 5.92 Å². The number of aromatic nitrogens is 3. The fraction of sp³-hybridized carbons (Fsp3) is 0.800. The van der Waals surface area contributed by atoms with Crippen LogP contribution < -0.4 is 5.32 Å². The molecule has 1 unspecified atom stereocenters. The van der Waals surface area contributed by atoms with Crippen LogP contribution in [-0.2, 0) is 18.3 Å². The molecule has 1 amide bonds. The average Bonchev–Trinajstić information content (AvgIpc) is 2.83. The fourth-order valence-corrected chi connectivity index (χ4v) is 2.60. The van der Waals surface area contributed by atoms with E-state index in [0.29, 0.717) is 5.92 Å². The minimum absolute atomic E-state index is 0.201. The van der Waals surface area contributed by atoms with Gasteiger partial charge in [0.05, 0.1) is 11.9 Å². The Hall–Kier alpha value is -1.63. The number of nitrogens with one attached hydrogen (secondary N) is 1. The quantitative estimate of drug-likeness (QED) is 0.913. The largest absolute Gasteiger partial charge is 0.444 e. The number of aryl methyl sites for hydroxylation is 1. The summed E-state index contributed by atoms with van der Waals surface area (Å²) in [5.41, 5.74) is 0.620. The number of likely N-dealkylation sites (tertiary alicyclic amines) is 1. The topological polar surface area (TPSA) is 72.3 Å². The third kappa shape index (κ3) is 4.98. The molecule has 1 atom stereocenters. The van der Waals surface area contributed by atoms with Gasteiger partial charge in [-0.2, -0.15) is 0 Å². The maximum absolute atomic E-state index is 12.1. The van der Waals surface area contributed by atoms with Crippen molar-refractivity contribution in [1.82, 2.24) is 25.2 Å². The molecule has 1 aromatic rings. The van der Waals surface area contributed by atoms with Crippen LogP contribution in [0.2, 0.25) is 0 Å². The molecule has 2 heterocycles. The minimum Gasteiger partial charge on any atom is -0.444 e. The summed E-state index contributed by atoms with van der Waals surface area (Å²) in [6.07, 6.45) is 3.73. The lowest BCUT2D eigenvalue weighted by molar-refractivity contribution is 0.0166. The first-order chi connectivity index (χ1) is 10.3. The number of nitrogens with zero attached hydrogens (tertiary/aromatic N) is 4. The van der Waals surface area contributed by atoms with Crippen molar-refractivity contribution in [2.45, 2.75) is 45.8 Å². The van der Waals surface area contributed by atoms with E-state index in [1.165, 1.54) is 0 Å². The smallest absolute Gasteiger partial charge is 0.410 e. The van der Waals surface area contributed by atoms with Gasteiger partial charge in [-0.3, -0.25) is 4.68 Å². The van der Waals surface area contributed by atoms with Crippen LogP contribution in [0.15, 0.2) is 6.20 Å². The Morgan fingerprint density at radius 3 is 2.91 bits per heavy atom. The number of hydrogen-bond acceptors (Lipinski definition) is 5. The second-order valence-corrected chi connectivity index (χ2v) is 6.91. The predicted molar refractivity (Wildman–Crippen MR) is 83.2 cm³/mol. The van der Waals surface area contributed by atoms with Crippen molar-refractivity contribution in [3.63, 3.8) is 0 Å². The zero-order valence-electron chi connectivity index (χ0n) is 14.0.